The summed E-state index contributed by atoms with van der Waals surface area (Å²) in [4.78, 5) is -2.45. The molecule has 0 radical (unpaired) electrons. The number of nitrogen functional groups attached to an aromatic ring is 1. The van der Waals surface area contributed by atoms with Crippen LogP contribution in [0.4, 0.5) is 44.1 Å². The number of nitriles is 1. The zero-order valence-corrected chi connectivity index (χ0v) is 20.2. The molecule has 0 atom stereocenters. The highest BCUT2D eigenvalue weighted by atomic mass is 35.5. The normalized spacial score (nSPS) is 17.9. The lowest BCUT2D eigenvalue weighted by Gasteiger charge is -2.40. The Morgan fingerprint density at radius 2 is 1.69 bits per heavy atom. The Balaban J connectivity index is 2.24. The minimum atomic E-state index is -10.2. The van der Waals surface area contributed by atoms with Crippen LogP contribution in [0, 0.1) is 16.7 Å². The molecule has 1 saturated carbocycles. The minimum Gasteiger partial charge on any atom is -0.382 e. The maximum Gasteiger partial charge on any atom is 0.396 e. The van der Waals surface area contributed by atoms with Gasteiger partial charge >= 0.3 is 16.4 Å². The van der Waals surface area contributed by atoms with E-state index in [2.05, 4.69) is 5.10 Å². The SMILES string of the molecule is CS(=O)(=O)N(CC1(C(F)(F)F)CC1)c1c(C#N)nn(-c2c(Cl)cc(S(F)(F)(F)(F)F)cc2Cl)c1N. The quantitative estimate of drug-likeness (QED) is 0.390. The summed E-state index contributed by atoms with van der Waals surface area (Å²) in [6.07, 6.45) is -5.08. The van der Waals surface area contributed by atoms with Gasteiger partial charge in [-0.2, -0.15) is 23.5 Å². The van der Waals surface area contributed by atoms with Crippen molar-refractivity contribution in [2.45, 2.75) is 23.9 Å². The van der Waals surface area contributed by atoms with E-state index in [1.54, 1.807) is 0 Å². The standard InChI is InChI=1S/C16H13Cl2F8N5O2S2/c1-34(32,33)30(7-15(2-3-15)16(19,20)21)13-11(6-27)29-31(14(13)28)12-9(17)4-8(5-10(12)18)35(22,23,24,25)26/h4-5H,2-3,7,28H2,1H3. The van der Waals surface area contributed by atoms with E-state index < -0.39 is 89.1 Å². The number of aromatic nitrogens is 2. The molecule has 0 unspecified atom stereocenters. The molecule has 1 fully saturated rings. The molecule has 0 aliphatic heterocycles. The van der Waals surface area contributed by atoms with Gasteiger partial charge in [-0.3, -0.25) is 4.31 Å². The summed E-state index contributed by atoms with van der Waals surface area (Å²) < 4.78 is 132. The topological polar surface area (TPSA) is 105 Å². The number of hydrogen-bond donors (Lipinski definition) is 1. The molecule has 196 valence electrons. The predicted octanol–water partition coefficient (Wildman–Crippen LogP) is 6.40. The van der Waals surface area contributed by atoms with Crippen molar-refractivity contribution in [1.82, 2.24) is 9.78 Å². The molecule has 3 rings (SSSR count). The molecule has 1 heterocycles. The van der Waals surface area contributed by atoms with Crippen LogP contribution in [-0.4, -0.2) is 37.2 Å². The van der Waals surface area contributed by atoms with Gasteiger partial charge in [0.1, 0.15) is 22.3 Å². The van der Waals surface area contributed by atoms with Crippen LogP contribution < -0.4 is 10.0 Å². The van der Waals surface area contributed by atoms with Gasteiger partial charge in [-0.1, -0.05) is 42.6 Å². The largest absolute Gasteiger partial charge is 0.396 e. The maximum atomic E-state index is 13.5. The molecule has 1 aromatic heterocycles. The summed E-state index contributed by atoms with van der Waals surface area (Å²) in [5, 5.41) is 10.9. The van der Waals surface area contributed by atoms with Crippen LogP contribution in [0.25, 0.3) is 5.69 Å². The van der Waals surface area contributed by atoms with Gasteiger partial charge in [-0.25, -0.2) is 13.1 Å². The molecular formula is C16H13Cl2F8N5O2S2. The molecule has 1 aliphatic rings. The van der Waals surface area contributed by atoms with E-state index in [-0.39, 0.29) is 16.4 Å². The van der Waals surface area contributed by atoms with Gasteiger partial charge in [-0.05, 0) is 25.0 Å². The van der Waals surface area contributed by atoms with Crippen molar-refractivity contribution in [1.29, 1.82) is 5.26 Å². The highest BCUT2D eigenvalue weighted by Crippen LogP contribution is 3.02. The van der Waals surface area contributed by atoms with E-state index in [9.17, 15) is 46.3 Å². The van der Waals surface area contributed by atoms with E-state index in [1.807, 2.05) is 0 Å². The van der Waals surface area contributed by atoms with E-state index in [4.69, 9.17) is 28.9 Å². The van der Waals surface area contributed by atoms with E-state index in [0.717, 1.165) is 0 Å². The Morgan fingerprint density at radius 1 is 1.20 bits per heavy atom. The van der Waals surface area contributed by atoms with Crippen LogP contribution in [-0.2, 0) is 10.0 Å². The first-order valence-corrected chi connectivity index (χ1v) is 13.5. The molecule has 0 spiro atoms. The first kappa shape index (κ1) is 27.4. The number of halogens is 10. The number of sulfonamides is 1. The molecule has 0 bridgehead atoms. The molecule has 7 nitrogen and oxygen atoms in total. The van der Waals surface area contributed by atoms with Gasteiger partial charge < -0.3 is 5.73 Å². The monoisotopic (exact) mass is 593 g/mol. The van der Waals surface area contributed by atoms with Crippen molar-refractivity contribution in [3.8, 4) is 11.8 Å². The third-order valence-electron chi connectivity index (χ3n) is 5.20. The summed E-state index contributed by atoms with van der Waals surface area (Å²) >= 11 is 11.5. The second-order valence-electron chi connectivity index (χ2n) is 7.86. The van der Waals surface area contributed by atoms with Gasteiger partial charge in [0.25, 0.3) is 0 Å². The number of nitrogens with two attached hydrogens (primary N) is 1. The first-order valence-electron chi connectivity index (χ1n) is 8.98. The van der Waals surface area contributed by atoms with Crippen molar-refractivity contribution >= 4 is 55.0 Å². The molecule has 1 aromatic carbocycles. The van der Waals surface area contributed by atoms with E-state index in [0.29, 0.717) is 10.9 Å². The highest BCUT2D eigenvalue weighted by molar-refractivity contribution is 8.45. The van der Waals surface area contributed by atoms with Crippen LogP contribution in [0.3, 0.4) is 0 Å². The molecule has 0 saturated heterocycles. The van der Waals surface area contributed by atoms with Gasteiger partial charge in [0.15, 0.2) is 11.5 Å². The Kier molecular flexibility index (Phi) is 5.64. The van der Waals surface area contributed by atoms with Crippen molar-refractivity contribution in [2.75, 3.05) is 22.8 Å². The molecular weight excluding hydrogens is 581 g/mol. The second-order valence-corrected chi connectivity index (χ2v) is 13.0. The number of alkyl halides is 3. The molecule has 19 heteroatoms. The zero-order valence-electron chi connectivity index (χ0n) is 17.1. The summed E-state index contributed by atoms with van der Waals surface area (Å²) in [6.45, 7) is -1.16. The van der Waals surface area contributed by atoms with Crippen LogP contribution in [0.1, 0.15) is 18.5 Å². The Morgan fingerprint density at radius 3 is 2.03 bits per heavy atom. The van der Waals surface area contributed by atoms with Crippen LogP contribution in [0.15, 0.2) is 17.0 Å². The fraction of sp³-hybridized carbons (Fsp3) is 0.375. The molecule has 35 heavy (non-hydrogen) atoms. The fourth-order valence-corrected chi connectivity index (χ4v) is 5.65. The Hall–Kier alpha value is -2.16. The number of anilines is 2. The lowest BCUT2D eigenvalue weighted by atomic mass is 10.1. The van der Waals surface area contributed by atoms with Crippen molar-refractivity contribution in [3.05, 3.63) is 27.9 Å². The smallest absolute Gasteiger partial charge is 0.382 e. The van der Waals surface area contributed by atoms with E-state index >= 15 is 0 Å². The summed E-state index contributed by atoms with van der Waals surface area (Å²) in [6, 6.07) is 1.09. The van der Waals surface area contributed by atoms with Crippen LogP contribution in [0.2, 0.25) is 10.0 Å². The molecule has 0 amide bonds. The number of hydrogen-bond acceptors (Lipinski definition) is 5. The van der Waals surface area contributed by atoms with Gasteiger partial charge in [0, 0.05) is 6.54 Å². The molecule has 2 aromatic rings. The van der Waals surface area contributed by atoms with Gasteiger partial charge in [-0.15, -0.1) is 0 Å². The van der Waals surface area contributed by atoms with Crippen molar-refractivity contribution in [3.63, 3.8) is 0 Å². The Bertz CT molecular complexity index is 1360. The van der Waals surface area contributed by atoms with Crippen molar-refractivity contribution < 1.29 is 41.0 Å². The summed E-state index contributed by atoms with van der Waals surface area (Å²) in [5.41, 5.74) is 1.04. The van der Waals surface area contributed by atoms with Crippen molar-refractivity contribution in [2.24, 2.45) is 5.41 Å². The summed E-state index contributed by atoms with van der Waals surface area (Å²) in [5.74, 6) is -0.839. The number of benzene rings is 1. The third-order valence-corrected chi connectivity index (χ3v) is 8.01. The highest BCUT2D eigenvalue weighted by Gasteiger charge is 2.66. The first-order chi connectivity index (χ1) is 15.4. The lowest BCUT2D eigenvalue weighted by Crippen LogP contribution is -2.41. The zero-order chi connectivity index (χ0) is 27.1. The molecule has 1 aliphatic carbocycles. The third kappa shape index (κ3) is 5.06. The van der Waals surface area contributed by atoms with Gasteiger partial charge in [0.2, 0.25) is 10.0 Å². The van der Waals surface area contributed by atoms with Crippen LogP contribution in [0.5, 0.6) is 0 Å². The predicted molar refractivity (Wildman–Crippen MR) is 114 cm³/mol. The average Bonchev–Trinajstić information content (AvgIpc) is 3.36. The van der Waals surface area contributed by atoms with E-state index in [1.165, 1.54) is 6.07 Å². The average molecular weight is 594 g/mol. The second kappa shape index (κ2) is 7.20. The molecule has 2 N–H and O–H groups in total. The summed E-state index contributed by atoms with van der Waals surface area (Å²) in [7, 11) is -14.7. The maximum absolute atomic E-state index is 13.5. The number of rotatable bonds is 6. The lowest BCUT2D eigenvalue weighted by molar-refractivity contribution is -0.183. The minimum absolute atomic E-state index is 0.172. The fourth-order valence-electron chi connectivity index (χ4n) is 3.20. The number of nitrogens with zero attached hydrogens (tertiary/aromatic N) is 4. The van der Waals surface area contributed by atoms with Gasteiger partial charge in [0.05, 0.1) is 21.7 Å². The Labute approximate surface area is 202 Å². The van der Waals surface area contributed by atoms with Crippen LogP contribution >= 0.6 is 33.4 Å².